The van der Waals surface area contributed by atoms with E-state index in [0.717, 1.165) is 38.1 Å². The SMILES string of the molecule is Cc1ccc(NC(=O)c2cccc(C(F)(F)F)c2)cc1NC(=O)N(CCCN1CCCC2OC21)c1cc(N)ncn1. The van der Waals surface area contributed by atoms with E-state index in [1.807, 2.05) is 0 Å². The number of benzene rings is 2. The number of hydrogen-bond acceptors (Lipinski definition) is 7. The Bertz CT molecular complexity index is 1440. The van der Waals surface area contributed by atoms with Gasteiger partial charge in [0.25, 0.3) is 5.91 Å². The van der Waals surface area contributed by atoms with E-state index in [1.54, 1.807) is 25.1 Å². The molecule has 3 aromatic rings. The fraction of sp³-hybridized carbons (Fsp3) is 0.357. The second kappa shape index (κ2) is 11.7. The maximum Gasteiger partial charge on any atom is 0.416 e. The number of epoxide rings is 1. The summed E-state index contributed by atoms with van der Waals surface area (Å²) in [6.07, 6.45) is 0.0114. The number of aryl methyl sites for hydroxylation is 1. The van der Waals surface area contributed by atoms with Gasteiger partial charge in [0.15, 0.2) is 0 Å². The molecule has 2 saturated heterocycles. The normalized spacial score (nSPS) is 18.3. The van der Waals surface area contributed by atoms with Gasteiger partial charge in [-0.25, -0.2) is 14.8 Å². The van der Waals surface area contributed by atoms with Crippen molar-refractivity contribution in [2.24, 2.45) is 0 Å². The molecule has 0 spiro atoms. The van der Waals surface area contributed by atoms with E-state index in [0.29, 0.717) is 41.8 Å². The zero-order chi connectivity index (χ0) is 29.1. The third kappa shape index (κ3) is 6.92. The molecular weight excluding hydrogens is 539 g/mol. The Hall–Kier alpha value is -4.23. The fourth-order valence-electron chi connectivity index (χ4n) is 4.85. The number of piperidine rings is 1. The fourth-order valence-corrected chi connectivity index (χ4v) is 4.85. The zero-order valence-corrected chi connectivity index (χ0v) is 22.3. The molecule has 1 aromatic heterocycles. The van der Waals surface area contributed by atoms with Crippen LogP contribution in [-0.2, 0) is 10.9 Å². The standard InChI is InChI=1S/C28H30F3N7O3/c1-17-8-9-20(35-25(39)18-5-2-6-19(13-18)28(29,30)31)14-21(17)36-27(40)38(24-15-23(32)33-16-34-24)12-4-11-37-10-3-7-22-26(37)41-22/h2,5-6,8-9,13-16,22,26H,3-4,7,10-12H2,1H3,(H,35,39)(H,36,40)(H2,32,33,34). The van der Waals surface area contributed by atoms with Crippen molar-refractivity contribution in [3.8, 4) is 0 Å². The van der Waals surface area contributed by atoms with E-state index in [9.17, 15) is 22.8 Å². The first kappa shape index (κ1) is 28.3. The lowest BCUT2D eigenvalue weighted by Crippen LogP contribution is -2.39. The molecule has 2 aliphatic rings. The number of fused-ring (bicyclic) bond motifs is 1. The van der Waals surface area contributed by atoms with Crippen LogP contribution in [-0.4, -0.2) is 58.8 Å². The minimum atomic E-state index is -4.57. The van der Waals surface area contributed by atoms with Crippen LogP contribution in [0.2, 0.25) is 0 Å². The van der Waals surface area contributed by atoms with E-state index < -0.39 is 23.7 Å². The quantitative estimate of drug-likeness (QED) is 0.330. The monoisotopic (exact) mass is 569 g/mol. The number of alkyl halides is 3. The maximum atomic E-state index is 13.5. The lowest BCUT2D eigenvalue weighted by molar-refractivity contribution is -0.137. The highest BCUT2D eigenvalue weighted by molar-refractivity contribution is 6.05. The average Bonchev–Trinajstić information content (AvgIpc) is 3.73. The summed E-state index contributed by atoms with van der Waals surface area (Å²) >= 11 is 0. The van der Waals surface area contributed by atoms with Gasteiger partial charge in [-0.15, -0.1) is 0 Å². The van der Waals surface area contributed by atoms with E-state index in [4.69, 9.17) is 10.5 Å². The lowest BCUT2D eigenvalue weighted by Gasteiger charge is -2.26. The molecule has 13 heteroatoms. The average molecular weight is 570 g/mol. The summed E-state index contributed by atoms with van der Waals surface area (Å²) in [6.45, 7) is 3.83. The Balaban J connectivity index is 1.28. The molecule has 2 atom stereocenters. The van der Waals surface area contributed by atoms with Crippen molar-refractivity contribution < 1.29 is 27.5 Å². The van der Waals surface area contributed by atoms with Crippen LogP contribution in [0.3, 0.4) is 0 Å². The number of aromatic nitrogens is 2. The van der Waals surface area contributed by atoms with Crippen LogP contribution in [0.5, 0.6) is 0 Å². The van der Waals surface area contributed by atoms with Gasteiger partial charge < -0.3 is 21.1 Å². The number of ether oxygens (including phenoxy) is 1. The number of amides is 3. The number of urea groups is 1. The predicted molar refractivity (Wildman–Crippen MR) is 147 cm³/mol. The minimum Gasteiger partial charge on any atom is -0.384 e. The molecule has 41 heavy (non-hydrogen) atoms. The third-order valence-electron chi connectivity index (χ3n) is 7.06. The topological polar surface area (TPSA) is 129 Å². The van der Waals surface area contributed by atoms with Gasteiger partial charge in [0, 0.05) is 42.6 Å². The van der Waals surface area contributed by atoms with Crippen molar-refractivity contribution in [2.75, 3.05) is 40.9 Å². The number of carbonyl (C=O) groups is 2. The first-order chi connectivity index (χ1) is 19.6. The maximum absolute atomic E-state index is 13.5. The highest BCUT2D eigenvalue weighted by Crippen LogP contribution is 2.34. The van der Waals surface area contributed by atoms with Crippen molar-refractivity contribution in [2.45, 2.75) is 44.7 Å². The molecule has 0 saturated carbocycles. The second-order valence-electron chi connectivity index (χ2n) is 10.0. The molecule has 0 aliphatic carbocycles. The third-order valence-corrected chi connectivity index (χ3v) is 7.06. The summed E-state index contributed by atoms with van der Waals surface area (Å²) in [4.78, 5) is 38.1. The number of nitrogen functional groups attached to an aromatic ring is 1. The van der Waals surface area contributed by atoms with Crippen molar-refractivity contribution in [1.82, 2.24) is 14.9 Å². The summed E-state index contributed by atoms with van der Waals surface area (Å²) in [5, 5.41) is 5.46. The Kier molecular flexibility index (Phi) is 8.08. The van der Waals surface area contributed by atoms with Gasteiger partial charge in [0.2, 0.25) is 0 Å². The molecule has 10 nitrogen and oxygen atoms in total. The van der Waals surface area contributed by atoms with Crippen molar-refractivity contribution in [3.63, 3.8) is 0 Å². The van der Waals surface area contributed by atoms with Gasteiger partial charge in [-0.05, 0) is 62.1 Å². The van der Waals surface area contributed by atoms with Gasteiger partial charge >= 0.3 is 12.2 Å². The summed E-state index contributed by atoms with van der Waals surface area (Å²) in [6, 6.07) is 10.0. The Labute approximate surface area is 234 Å². The number of nitrogens with one attached hydrogen (secondary N) is 2. The van der Waals surface area contributed by atoms with Crippen LogP contribution >= 0.6 is 0 Å². The Morgan fingerprint density at radius 3 is 2.76 bits per heavy atom. The molecule has 3 amide bonds. The highest BCUT2D eigenvalue weighted by atomic mass is 19.4. The summed E-state index contributed by atoms with van der Waals surface area (Å²) in [5.74, 6) is -0.163. The largest absolute Gasteiger partial charge is 0.416 e. The molecular formula is C28H30F3N7O3. The number of rotatable bonds is 8. The first-order valence-corrected chi connectivity index (χ1v) is 13.2. The van der Waals surface area contributed by atoms with Crippen molar-refractivity contribution in [1.29, 1.82) is 0 Å². The first-order valence-electron chi connectivity index (χ1n) is 13.2. The minimum absolute atomic E-state index is 0.143. The predicted octanol–water partition coefficient (Wildman–Crippen LogP) is 4.89. The molecule has 2 aliphatic heterocycles. The Morgan fingerprint density at radius 1 is 1.15 bits per heavy atom. The molecule has 2 fully saturated rings. The van der Waals surface area contributed by atoms with Crippen LogP contribution in [0.4, 0.5) is 41.0 Å². The van der Waals surface area contributed by atoms with Crippen LogP contribution in [0.1, 0.15) is 40.7 Å². The number of anilines is 4. The molecule has 4 N–H and O–H groups in total. The number of halogens is 3. The van der Waals surface area contributed by atoms with Gasteiger partial charge in [-0.3, -0.25) is 14.6 Å². The van der Waals surface area contributed by atoms with Gasteiger partial charge in [0.05, 0.1) is 11.7 Å². The number of nitrogens with zero attached hydrogens (tertiary/aromatic N) is 4. The van der Waals surface area contributed by atoms with E-state index in [-0.39, 0.29) is 17.6 Å². The van der Waals surface area contributed by atoms with E-state index >= 15 is 0 Å². The molecule has 3 heterocycles. The molecule has 216 valence electrons. The smallest absolute Gasteiger partial charge is 0.384 e. The van der Waals surface area contributed by atoms with Crippen LogP contribution in [0, 0.1) is 6.92 Å². The zero-order valence-electron chi connectivity index (χ0n) is 22.3. The summed E-state index contributed by atoms with van der Waals surface area (Å²) < 4.78 is 44.9. The highest BCUT2D eigenvalue weighted by Gasteiger charge is 2.45. The van der Waals surface area contributed by atoms with Crippen molar-refractivity contribution in [3.05, 3.63) is 71.5 Å². The van der Waals surface area contributed by atoms with Crippen molar-refractivity contribution >= 4 is 34.9 Å². The number of hydrogen-bond donors (Lipinski definition) is 3. The molecule has 0 bridgehead atoms. The summed E-state index contributed by atoms with van der Waals surface area (Å²) in [7, 11) is 0. The van der Waals surface area contributed by atoms with Crippen LogP contribution < -0.4 is 21.3 Å². The molecule has 5 rings (SSSR count). The lowest BCUT2D eigenvalue weighted by atomic mass is 10.1. The molecule has 2 aromatic carbocycles. The number of nitrogens with two attached hydrogens (primary N) is 1. The number of carbonyl (C=O) groups excluding carboxylic acids is 2. The van der Waals surface area contributed by atoms with E-state index in [1.165, 1.54) is 29.4 Å². The van der Waals surface area contributed by atoms with Crippen LogP contribution in [0.15, 0.2) is 54.9 Å². The van der Waals surface area contributed by atoms with Gasteiger partial charge in [-0.2, -0.15) is 13.2 Å². The van der Waals surface area contributed by atoms with E-state index in [2.05, 4.69) is 25.5 Å². The van der Waals surface area contributed by atoms with Gasteiger partial charge in [0.1, 0.15) is 24.2 Å². The summed E-state index contributed by atoms with van der Waals surface area (Å²) in [5.41, 5.74) is 6.21. The van der Waals surface area contributed by atoms with Crippen LogP contribution in [0.25, 0.3) is 0 Å². The second-order valence-corrected chi connectivity index (χ2v) is 10.0. The molecule has 0 radical (unpaired) electrons. The Morgan fingerprint density at radius 2 is 1.98 bits per heavy atom. The number of likely N-dealkylation sites (tertiary alicyclic amines) is 1. The molecule has 2 unspecified atom stereocenters. The van der Waals surface area contributed by atoms with Gasteiger partial charge in [-0.1, -0.05) is 12.1 Å².